The van der Waals surface area contributed by atoms with Crippen LogP contribution in [-0.4, -0.2) is 37.5 Å². The number of halogens is 1. The fourth-order valence-corrected chi connectivity index (χ4v) is 2.43. The summed E-state index contributed by atoms with van der Waals surface area (Å²) in [5, 5.41) is 3.03. The van der Waals surface area contributed by atoms with Gasteiger partial charge in [0, 0.05) is 26.1 Å². The average molecular weight is 263 g/mol. The molecule has 1 aliphatic rings. The van der Waals surface area contributed by atoms with E-state index < -0.39 is 0 Å². The summed E-state index contributed by atoms with van der Waals surface area (Å²) in [6.07, 6.45) is 9.66. The summed E-state index contributed by atoms with van der Waals surface area (Å²) >= 11 is 0. The molecular formula is C13H27ClN2O. The van der Waals surface area contributed by atoms with E-state index in [4.69, 9.17) is 0 Å². The Kier molecular flexibility index (Phi) is 9.56. The molecule has 0 unspecified atom stereocenters. The van der Waals surface area contributed by atoms with E-state index in [9.17, 15) is 4.79 Å². The van der Waals surface area contributed by atoms with Gasteiger partial charge in [-0.25, -0.2) is 0 Å². The summed E-state index contributed by atoms with van der Waals surface area (Å²) in [5.74, 6) is 0.292. The number of rotatable bonds is 4. The van der Waals surface area contributed by atoms with Gasteiger partial charge in [-0.2, -0.15) is 0 Å². The van der Waals surface area contributed by atoms with Crippen LogP contribution in [0.2, 0.25) is 0 Å². The lowest BCUT2D eigenvalue weighted by Gasteiger charge is -2.29. The minimum Gasteiger partial charge on any atom is -0.343 e. The first-order valence-corrected chi connectivity index (χ1v) is 6.66. The topological polar surface area (TPSA) is 32.3 Å². The van der Waals surface area contributed by atoms with Crippen LogP contribution in [0.3, 0.4) is 0 Å². The Hall–Kier alpha value is -0.280. The van der Waals surface area contributed by atoms with Crippen molar-refractivity contribution >= 4 is 18.3 Å². The zero-order valence-electron chi connectivity index (χ0n) is 11.2. The fourth-order valence-electron chi connectivity index (χ4n) is 2.43. The second-order valence-corrected chi connectivity index (χ2v) is 4.86. The third-order valence-electron chi connectivity index (χ3n) is 3.60. The van der Waals surface area contributed by atoms with Gasteiger partial charge < -0.3 is 10.2 Å². The standard InChI is InChI=1S/C13H26N2O.ClH/c1-14-11-10-13(16)15(2)12-8-6-4-3-5-7-9-12;/h12,14H,3-11H2,1-2H3;1H. The van der Waals surface area contributed by atoms with Gasteiger partial charge in [0.2, 0.25) is 5.91 Å². The van der Waals surface area contributed by atoms with Crippen LogP contribution >= 0.6 is 12.4 Å². The number of carbonyl (C=O) groups excluding carboxylic acids is 1. The molecule has 102 valence electrons. The third kappa shape index (κ3) is 6.27. The molecule has 0 aromatic rings. The molecule has 0 heterocycles. The van der Waals surface area contributed by atoms with E-state index in [1.807, 2.05) is 19.0 Å². The van der Waals surface area contributed by atoms with Crippen molar-refractivity contribution in [2.45, 2.75) is 57.4 Å². The molecule has 1 saturated carbocycles. The Morgan fingerprint density at radius 1 is 1.18 bits per heavy atom. The molecule has 0 saturated heterocycles. The molecule has 17 heavy (non-hydrogen) atoms. The van der Waals surface area contributed by atoms with Gasteiger partial charge in [-0.3, -0.25) is 4.79 Å². The number of hydrogen-bond donors (Lipinski definition) is 1. The Balaban J connectivity index is 0.00000256. The van der Waals surface area contributed by atoms with Gasteiger partial charge in [-0.15, -0.1) is 12.4 Å². The van der Waals surface area contributed by atoms with Gasteiger partial charge in [-0.05, 0) is 19.9 Å². The normalized spacial score (nSPS) is 17.8. The van der Waals surface area contributed by atoms with Crippen molar-refractivity contribution in [3.05, 3.63) is 0 Å². The van der Waals surface area contributed by atoms with Crippen LogP contribution in [0.15, 0.2) is 0 Å². The largest absolute Gasteiger partial charge is 0.343 e. The average Bonchev–Trinajstić information content (AvgIpc) is 2.24. The SMILES string of the molecule is CNCCC(=O)N(C)C1CCCCCCC1.Cl. The first-order chi connectivity index (χ1) is 7.75. The fraction of sp³-hybridized carbons (Fsp3) is 0.923. The van der Waals surface area contributed by atoms with Crippen LogP contribution in [0.5, 0.6) is 0 Å². The number of nitrogens with zero attached hydrogens (tertiary/aromatic N) is 1. The number of amides is 1. The quantitative estimate of drug-likeness (QED) is 0.845. The lowest BCUT2D eigenvalue weighted by Crippen LogP contribution is -2.38. The molecule has 0 aliphatic heterocycles. The maximum Gasteiger partial charge on any atom is 0.223 e. The van der Waals surface area contributed by atoms with Crippen molar-refractivity contribution in [2.75, 3.05) is 20.6 Å². The molecule has 1 amide bonds. The number of hydrogen-bond acceptors (Lipinski definition) is 2. The van der Waals surface area contributed by atoms with Crippen LogP contribution in [0.25, 0.3) is 0 Å². The summed E-state index contributed by atoms with van der Waals surface area (Å²) in [6.45, 7) is 0.788. The van der Waals surface area contributed by atoms with Gasteiger partial charge in [0.25, 0.3) is 0 Å². The van der Waals surface area contributed by atoms with Crippen LogP contribution in [0, 0.1) is 0 Å². The van der Waals surface area contributed by atoms with Crippen molar-refractivity contribution in [1.29, 1.82) is 0 Å². The highest BCUT2D eigenvalue weighted by atomic mass is 35.5. The minimum atomic E-state index is 0. The van der Waals surface area contributed by atoms with E-state index in [0.29, 0.717) is 18.4 Å². The van der Waals surface area contributed by atoms with Gasteiger partial charge in [0.05, 0.1) is 0 Å². The van der Waals surface area contributed by atoms with Gasteiger partial charge in [-0.1, -0.05) is 32.1 Å². The molecule has 4 heteroatoms. The van der Waals surface area contributed by atoms with E-state index in [2.05, 4.69) is 5.32 Å². The Morgan fingerprint density at radius 2 is 1.71 bits per heavy atom. The molecular weight excluding hydrogens is 236 g/mol. The molecule has 0 atom stereocenters. The molecule has 0 radical (unpaired) electrons. The minimum absolute atomic E-state index is 0. The maximum absolute atomic E-state index is 11.9. The van der Waals surface area contributed by atoms with E-state index >= 15 is 0 Å². The molecule has 1 aliphatic carbocycles. The third-order valence-corrected chi connectivity index (χ3v) is 3.60. The second kappa shape index (κ2) is 9.72. The van der Waals surface area contributed by atoms with Gasteiger partial charge in [0.15, 0.2) is 0 Å². The summed E-state index contributed by atoms with van der Waals surface area (Å²) < 4.78 is 0. The molecule has 0 aromatic carbocycles. The monoisotopic (exact) mass is 262 g/mol. The highest BCUT2D eigenvalue weighted by Gasteiger charge is 2.19. The predicted molar refractivity (Wildman–Crippen MR) is 74.7 cm³/mol. The molecule has 1 fully saturated rings. The lowest BCUT2D eigenvalue weighted by atomic mass is 9.95. The molecule has 0 bridgehead atoms. The Morgan fingerprint density at radius 3 is 2.24 bits per heavy atom. The summed E-state index contributed by atoms with van der Waals surface area (Å²) in [4.78, 5) is 13.9. The van der Waals surface area contributed by atoms with E-state index in [-0.39, 0.29) is 12.4 Å². The van der Waals surface area contributed by atoms with Crippen LogP contribution in [0.1, 0.15) is 51.4 Å². The van der Waals surface area contributed by atoms with Crippen molar-refractivity contribution in [1.82, 2.24) is 10.2 Å². The molecule has 3 nitrogen and oxygen atoms in total. The van der Waals surface area contributed by atoms with Crippen molar-refractivity contribution in [3.63, 3.8) is 0 Å². The predicted octanol–water partition coefficient (Wildman–Crippen LogP) is 2.59. The molecule has 1 rings (SSSR count). The lowest BCUT2D eigenvalue weighted by molar-refractivity contribution is -0.132. The Labute approximate surface area is 112 Å². The first kappa shape index (κ1) is 16.7. The van der Waals surface area contributed by atoms with Gasteiger partial charge >= 0.3 is 0 Å². The van der Waals surface area contributed by atoms with E-state index in [0.717, 1.165) is 6.54 Å². The maximum atomic E-state index is 11.9. The zero-order chi connectivity index (χ0) is 11.8. The highest BCUT2D eigenvalue weighted by Crippen LogP contribution is 2.20. The summed E-state index contributed by atoms with van der Waals surface area (Å²) in [5.41, 5.74) is 0. The zero-order valence-corrected chi connectivity index (χ0v) is 12.0. The van der Waals surface area contributed by atoms with E-state index in [1.54, 1.807) is 0 Å². The van der Waals surface area contributed by atoms with Crippen molar-refractivity contribution in [2.24, 2.45) is 0 Å². The molecule has 1 N–H and O–H groups in total. The number of carbonyl (C=O) groups is 1. The summed E-state index contributed by atoms with van der Waals surface area (Å²) in [6, 6.07) is 0.490. The smallest absolute Gasteiger partial charge is 0.223 e. The Bertz CT molecular complexity index is 204. The van der Waals surface area contributed by atoms with Crippen LogP contribution in [-0.2, 0) is 4.79 Å². The van der Waals surface area contributed by atoms with Crippen molar-refractivity contribution in [3.8, 4) is 0 Å². The number of nitrogens with one attached hydrogen (secondary N) is 1. The molecule has 0 aromatic heterocycles. The highest BCUT2D eigenvalue weighted by molar-refractivity contribution is 5.85. The van der Waals surface area contributed by atoms with Crippen LogP contribution in [0.4, 0.5) is 0 Å². The van der Waals surface area contributed by atoms with E-state index in [1.165, 1.54) is 44.9 Å². The van der Waals surface area contributed by atoms with Gasteiger partial charge in [0.1, 0.15) is 0 Å². The first-order valence-electron chi connectivity index (χ1n) is 6.66. The molecule has 0 spiro atoms. The van der Waals surface area contributed by atoms with Crippen LogP contribution < -0.4 is 5.32 Å². The second-order valence-electron chi connectivity index (χ2n) is 4.86. The summed E-state index contributed by atoms with van der Waals surface area (Å²) in [7, 11) is 3.87. The van der Waals surface area contributed by atoms with Crippen molar-refractivity contribution < 1.29 is 4.79 Å².